The zero-order valence-corrected chi connectivity index (χ0v) is 13.9. The smallest absolute Gasteiger partial charge is 0.331 e. The fourth-order valence-electron chi connectivity index (χ4n) is 2.05. The highest BCUT2D eigenvalue weighted by Crippen LogP contribution is 2.29. The number of rotatable bonds is 6. The first-order valence-electron chi connectivity index (χ1n) is 7.08. The summed E-state index contributed by atoms with van der Waals surface area (Å²) in [6, 6.07) is 18.1. The molecule has 0 bridgehead atoms. The van der Waals surface area contributed by atoms with Gasteiger partial charge in [-0.1, -0.05) is 83.5 Å². The fourth-order valence-corrected chi connectivity index (χ4v) is 2.40. The van der Waals surface area contributed by atoms with Crippen molar-refractivity contribution < 1.29 is 14.3 Å². The first-order chi connectivity index (χ1) is 10.6. The molecule has 4 heteroatoms. The maximum Gasteiger partial charge on any atom is 0.331 e. The van der Waals surface area contributed by atoms with Crippen molar-refractivity contribution >= 4 is 27.7 Å². The predicted octanol–water partition coefficient (Wildman–Crippen LogP) is 4.16. The molecule has 0 aliphatic rings. The zero-order valence-electron chi connectivity index (χ0n) is 12.3. The van der Waals surface area contributed by atoms with Crippen molar-refractivity contribution in [3.8, 4) is 0 Å². The van der Waals surface area contributed by atoms with Crippen LogP contribution < -0.4 is 0 Å². The molecular weight excluding hydrogens is 344 g/mol. The molecule has 1 unspecified atom stereocenters. The maximum absolute atomic E-state index is 12.6. The van der Waals surface area contributed by atoms with Crippen molar-refractivity contribution in [3.63, 3.8) is 0 Å². The molecule has 0 fully saturated rings. The molecule has 22 heavy (non-hydrogen) atoms. The Labute approximate surface area is 138 Å². The van der Waals surface area contributed by atoms with Gasteiger partial charge >= 0.3 is 5.97 Å². The third-order valence-electron chi connectivity index (χ3n) is 3.42. The Morgan fingerprint density at radius 1 is 1.00 bits per heavy atom. The third-order valence-corrected chi connectivity index (χ3v) is 4.66. The highest BCUT2D eigenvalue weighted by Gasteiger charge is 2.43. The summed E-state index contributed by atoms with van der Waals surface area (Å²) in [5.74, 6) is -0.846. The maximum atomic E-state index is 12.6. The largest absolute Gasteiger partial charge is 0.459 e. The van der Waals surface area contributed by atoms with Crippen molar-refractivity contribution in [2.45, 2.75) is 24.3 Å². The van der Waals surface area contributed by atoms with E-state index in [4.69, 9.17) is 4.74 Å². The summed E-state index contributed by atoms with van der Waals surface area (Å²) in [5.41, 5.74) is 1.37. The van der Waals surface area contributed by atoms with Crippen LogP contribution in [0.25, 0.3) is 0 Å². The van der Waals surface area contributed by atoms with Gasteiger partial charge in [0.25, 0.3) is 0 Å². The Balaban J connectivity index is 2.12. The monoisotopic (exact) mass is 360 g/mol. The number of Topliss-reactive ketones (excluding diaryl/α,β-unsaturated/α-hetero) is 1. The van der Waals surface area contributed by atoms with Crippen LogP contribution in [0.1, 0.15) is 29.3 Å². The SMILES string of the molecule is CCC(Br)(C(=O)OCc1ccccc1)C(=O)c1ccccc1. The number of halogens is 1. The lowest BCUT2D eigenvalue weighted by atomic mass is 9.95. The van der Waals surface area contributed by atoms with Crippen molar-refractivity contribution in [2.24, 2.45) is 0 Å². The van der Waals surface area contributed by atoms with Gasteiger partial charge in [0.2, 0.25) is 0 Å². The Bertz CT molecular complexity index is 640. The first kappa shape index (κ1) is 16.4. The number of carbonyl (C=O) groups is 2. The molecule has 3 nitrogen and oxygen atoms in total. The van der Waals surface area contributed by atoms with Crippen LogP contribution in [-0.4, -0.2) is 16.1 Å². The highest BCUT2D eigenvalue weighted by atomic mass is 79.9. The molecule has 0 radical (unpaired) electrons. The Morgan fingerprint density at radius 3 is 2.09 bits per heavy atom. The highest BCUT2D eigenvalue weighted by molar-refractivity contribution is 9.10. The second-order valence-electron chi connectivity index (χ2n) is 4.91. The van der Waals surface area contributed by atoms with Crippen LogP contribution in [0.2, 0.25) is 0 Å². The molecule has 2 rings (SSSR count). The van der Waals surface area contributed by atoms with Crippen LogP contribution >= 0.6 is 15.9 Å². The molecule has 0 aliphatic heterocycles. The van der Waals surface area contributed by atoms with Crippen LogP contribution in [0.3, 0.4) is 0 Å². The summed E-state index contributed by atoms with van der Waals surface area (Å²) >= 11 is 3.30. The molecule has 0 heterocycles. The van der Waals surface area contributed by atoms with Gasteiger partial charge in [0.15, 0.2) is 10.1 Å². The van der Waals surface area contributed by atoms with E-state index in [0.717, 1.165) is 5.56 Å². The molecular formula is C18H17BrO3. The van der Waals surface area contributed by atoms with Gasteiger partial charge in [-0.25, -0.2) is 0 Å². The minimum absolute atomic E-state index is 0.148. The number of alkyl halides is 1. The summed E-state index contributed by atoms with van der Waals surface area (Å²) in [6.45, 7) is 1.93. The number of ether oxygens (including phenoxy) is 1. The lowest BCUT2D eigenvalue weighted by molar-refractivity contribution is -0.146. The van der Waals surface area contributed by atoms with Crippen LogP contribution in [-0.2, 0) is 16.1 Å². The summed E-state index contributed by atoms with van der Waals surface area (Å²) in [7, 11) is 0. The summed E-state index contributed by atoms with van der Waals surface area (Å²) in [6.07, 6.45) is 0.314. The number of hydrogen-bond donors (Lipinski definition) is 0. The zero-order chi connectivity index (χ0) is 16.0. The second kappa shape index (κ2) is 7.36. The van der Waals surface area contributed by atoms with E-state index >= 15 is 0 Å². The van der Waals surface area contributed by atoms with Gasteiger partial charge < -0.3 is 4.74 Å². The van der Waals surface area contributed by atoms with Crippen LogP contribution in [0, 0.1) is 0 Å². The van der Waals surface area contributed by atoms with Gasteiger partial charge in [0, 0.05) is 5.56 Å². The van der Waals surface area contributed by atoms with Crippen molar-refractivity contribution in [2.75, 3.05) is 0 Å². The number of hydrogen-bond acceptors (Lipinski definition) is 3. The molecule has 0 aromatic heterocycles. The average Bonchev–Trinajstić information content (AvgIpc) is 2.59. The molecule has 0 saturated carbocycles. The van der Waals surface area contributed by atoms with E-state index < -0.39 is 10.3 Å². The molecule has 0 saturated heterocycles. The first-order valence-corrected chi connectivity index (χ1v) is 7.87. The van der Waals surface area contributed by atoms with Crippen LogP contribution in [0.4, 0.5) is 0 Å². The van der Waals surface area contributed by atoms with Crippen LogP contribution in [0.5, 0.6) is 0 Å². The van der Waals surface area contributed by atoms with Gasteiger partial charge in [-0.05, 0) is 12.0 Å². The molecule has 1 atom stereocenters. The number of ketones is 1. The van der Waals surface area contributed by atoms with E-state index in [1.807, 2.05) is 36.4 Å². The molecule has 0 amide bonds. The van der Waals surface area contributed by atoms with Gasteiger partial charge in [0.1, 0.15) is 6.61 Å². The Kier molecular flexibility index (Phi) is 5.50. The minimum Gasteiger partial charge on any atom is -0.459 e. The molecule has 2 aromatic rings. The molecule has 0 aliphatic carbocycles. The standard InChI is InChI=1S/C18H17BrO3/c1-2-18(19,16(20)15-11-7-4-8-12-15)17(21)22-13-14-9-5-3-6-10-14/h3-12H,2,13H2,1H3. The van der Waals surface area contributed by atoms with E-state index in [1.165, 1.54) is 0 Å². The van der Waals surface area contributed by atoms with Crippen molar-refractivity contribution in [1.82, 2.24) is 0 Å². The Hall–Kier alpha value is -1.94. The van der Waals surface area contributed by atoms with E-state index in [1.54, 1.807) is 31.2 Å². The minimum atomic E-state index is -1.34. The fraction of sp³-hybridized carbons (Fsp3) is 0.222. The number of benzene rings is 2. The molecule has 114 valence electrons. The number of carbonyl (C=O) groups excluding carboxylic acids is 2. The van der Waals surface area contributed by atoms with Gasteiger partial charge in [-0.15, -0.1) is 0 Å². The molecule has 0 N–H and O–H groups in total. The lowest BCUT2D eigenvalue weighted by Crippen LogP contribution is -2.41. The topological polar surface area (TPSA) is 43.4 Å². The van der Waals surface area contributed by atoms with E-state index in [9.17, 15) is 9.59 Å². The lowest BCUT2D eigenvalue weighted by Gasteiger charge is -2.22. The van der Waals surface area contributed by atoms with E-state index in [2.05, 4.69) is 15.9 Å². The van der Waals surface area contributed by atoms with Gasteiger partial charge in [0.05, 0.1) is 0 Å². The average molecular weight is 361 g/mol. The van der Waals surface area contributed by atoms with Crippen LogP contribution in [0.15, 0.2) is 60.7 Å². The van der Waals surface area contributed by atoms with Crippen molar-refractivity contribution in [1.29, 1.82) is 0 Å². The van der Waals surface area contributed by atoms with E-state index in [0.29, 0.717) is 12.0 Å². The molecule has 0 spiro atoms. The summed E-state index contributed by atoms with van der Waals surface area (Å²) in [4.78, 5) is 25.0. The normalized spacial score (nSPS) is 13.2. The quantitative estimate of drug-likeness (QED) is 0.336. The van der Waals surface area contributed by atoms with Crippen molar-refractivity contribution in [3.05, 3.63) is 71.8 Å². The Morgan fingerprint density at radius 2 is 1.55 bits per heavy atom. The summed E-state index contributed by atoms with van der Waals surface area (Å²) in [5, 5.41) is 0. The summed E-state index contributed by atoms with van der Waals surface area (Å²) < 4.78 is 3.98. The third kappa shape index (κ3) is 3.63. The second-order valence-corrected chi connectivity index (χ2v) is 6.27. The predicted molar refractivity (Wildman–Crippen MR) is 89.0 cm³/mol. The molecule has 2 aromatic carbocycles. The van der Waals surface area contributed by atoms with Gasteiger partial charge in [-0.2, -0.15) is 0 Å². The van der Waals surface area contributed by atoms with E-state index in [-0.39, 0.29) is 12.4 Å². The number of esters is 1. The van der Waals surface area contributed by atoms with Gasteiger partial charge in [-0.3, -0.25) is 9.59 Å².